The number of rotatable bonds is 5. The third-order valence-corrected chi connectivity index (χ3v) is 4.12. The van der Waals surface area contributed by atoms with Gasteiger partial charge in [-0.3, -0.25) is 0 Å². The first-order valence-electron chi connectivity index (χ1n) is 5.73. The van der Waals surface area contributed by atoms with Crippen LogP contribution in [0.2, 0.25) is 0 Å². The summed E-state index contributed by atoms with van der Waals surface area (Å²) in [5.74, 6) is 0.725. The Balaban J connectivity index is 2.03. The van der Waals surface area contributed by atoms with Gasteiger partial charge in [-0.25, -0.2) is 0 Å². The van der Waals surface area contributed by atoms with E-state index in [1.807, 2.05) is 18.2 Å². The van der Waals surface area contributed by atoms with Gasteiger partial charge < -0.3 is 10.1 Å². The lowest BCUT2D eigenvalue weighted by Crippen LogP contribution is -2.21. The van der Waals surface area contributed by atoms with Crippen molar-refractivity contribution in [3.63, 3.8) is 0 Å². The molecule has 0 spiro atoms. The van der Waals surface area contributed by atoms with Gasteiger partial charge in [-0.2, -0.15) is 0 Å². The van der Waals surface area contributed by atoms with E-state index < -0.39 is 0 Å². The second-order valence-electron chi connectivity index (χ2n) is 4.17. The van der Waals surface area contributed by atoms with Crippen LogP contribution in [0.15, 0.2) is 27.1 Å². The number of aromatic nitrogens is 2. The molecule has 0 radical (unpaired) electrons. The summed E-state index contributed by atoms with van der Waals surface area (Å²) in [5.41, 5.74) is 0. The van der Waals surface area contributed by atoms with Crippen molar-refractivity contribution in [3.05, 3.63) is 32.2 Å². The predicted octanol–water partition coefficient (Wildman–Crippen LogP) is 4.35. The van der Waals surface area contributed by atoms with Gasteiger partial charge in [-0.05, 0) is 34.1 Å². The average Bonchev–Trinajstić information content (AvgIpc) is 2.78. The van der Waals surface area contributed by atoms with Crippen LogP contribution in [0.1, 0.15) is 18.9 Å². The van der Waals surface area contributed by atoms with Crippen molar-refractivity contribution in [2.45, 2.75) is 26.4 Å². The molecule has 2 rings (SSSR count). The standard InChI is InChI=1S/C12H13Br2N3OS/c1-7(2)15-6-11-16-17-12(19-11)18-10-4-3-8(13)5-9(10)14/h3-5,7,15H,6H2,1-2H3. The summed E-state index contributed by atoms with van der Waals surface area (Å²) in [6.07, 6.45) is 0. The number of nitrogens with zero attached hydrogens (tertiary/aromatic N) is 2. The molecule has 1 aromatic heterocycles. The van der Waals surface area contributed by atoms with Gasteiger partial charge >= 0.3 is 0 Å². The Morgan fingerprint density at radius 2 is 2.11 bits per heavy atom. The fourth-order valence-corrected chi connectivity index (χ4v) is 3.07. The minimum Gasteiger partial charge on any atom is -0.429 e. The first-order chi connectivity index (χ1) is 9.04. The molecule has 19 heavy (non-hydrogen) atoms. The first kappa shape index (κ1) is 14.9. The molecule has 0 saturated heterocycles. The highest BCUT2D eigenvalue weighted by molar-refractivity contribution is 9.11. The molecule has 7 heteroatoms. The van der Waals surface area contributed by atoms with Crippen molar-refractivity contribution < 1.29 is 4.74 Å². The molecule has 0 atom stereocenters. The van der Waals surface area contributed by atoms with Gasteiger partial charge in [0.2, 0.25) is 0 Å². The Kier molecular flexibility index (Phi) is 5.32. The lowest BCUT2D eigenvalue weighted by molar-refractivity contribution is 0.470. The monoisotopic (exact) mass is 405 g/mol. The Morgan fingerprint density at radius 1 is 1.32 bits per heavy atom. The van der Waals surface area contributed by atoms with Crippen LogP contribution in [-0.4, -0.2) is 16.2 Å². The molecule has 0 amide bonds. The fraction of sp³-hybridized carbons (Fsp3) is 0.333. The molecule has 0 fully saturated rings. The van der Waals surface area contributed by atoms with Crippen molar-refractivity contribution >= 4 is 43.2 Å². The van der Waals surface area contributed by atoms with Crippen LogP contribution in [0, 0.1) is 0 Å². The van der Waals surface area contributed by atoms with Gasteiger partial charge in [0.05, 0.1) is 11.0 Å². The Labute approximate surface area is 132 Å². The van der Waals surface area contributed by atoms with Crippen LogP contribution in [-0.2, 0) is 6.54 Å². The van der Waals surface area contributed by atoms with Crippen molar-refractivity contribution in [2.75, 3.05) is 0 Å². The van der Waals surface area contributed by atoms with E-state index in [0.717, 1.165) is 19.7 Å². The van der Waals surface area contributed by atoms with Gasteiger partial charge in [0.1, 0.15) is 10.8 Å². The fourth-order valence-electron chi connectivity index (χ4n) is 1.29. The van der Waals surface area contributed by atoms with E-state index in [4.69, 9.17) is 4.74 Å². The van der Waals surface area contributed by atoms with Crippen molar-refractivity contribution in [1.29, 1.82) is 0 Å². The molecule has 1 N–H and O–H groups in total. The largest absolute Gasteiger partial charge is 0.429 e. The first-order valence-corrected chi connectivity index (χ1v) is 8.13. The van der Waals surface area contributed by atoms with Crippen LogP contribution < -0.4 is 10.1 Å². The summed E-state index contributed by atoms with van der Waals surface area (Å²) in [5, 5.41) is 12.9. The van der Waals surface area contributed by atoms with E-state index in [0.29, 0.717) is 17.8 Å². The van der Waals surface area contributed by atoms with Gasteiger partial charge in [-0.15, -0.1) is 5.10 Å². The minimum atomic E-state index is 0.425. The number of hydrogen-bond donors (Lipinski definition) is 1. The van der Waals surface area contributed by atoms with Gasteiger partial charge in [0.15, 0.2) is 0 Å². The average molecular weight is 407 g/mol. The number of ether oxygens (including phenoxy) is 1. The van der Waals surface area contributed by atoms with Crippen LogP contribution in [0.25, 0.3) is 0 Å². The summed E-state index contributed by atoms with van der Waals surface area (Å²) >= 11 is 8.29. The third-order valence-electron chi connectivity index (χ3n) is 2.20. The zero-order valence-corrected chi connectivity index (χ0v) is 14.5. The number of hydrogen-bond acceptors (Lipinski definition) is 5. The van der Waals surface area contributed by atoms with Crippen molar-refractivity contribution in [1.82, 2.24) is 15.5 Å². The normalized spacial score (nSPS) is 11.0. The maximum Gasteiger partial charge on any atom is 0.299 e. The quantitative estimate of drug-likeness (QED) is 0.801. The molecule has 0 aliphatic rings. The third kappa shape index (κ3) is 4.52. The highest BCUT2D eigenvalue weighted by Crippen LogP contribution is 2.33. The zero-order valence-electron chi connectivity index (χ0n) is 10.5. The summed E-state index contributed by atoms with van der Waals surface area (Å²) < 4.78 is 7.57. The maximum atomic E-state index is 5.70. The molecule has 0 aliphatic heterocycles. The molecule has 4 nitrogen and oxygen atoms in total. The highest BCUT2D eigenvalue weighted by atomic mass is 79.9. The smallest absolute Gasteiger partial charge is 0.299 e. The lowest BCUT2D eigenvalue weighted by Gasteiger charge is -2.04. The Bertz CT molecular complexity index is 560. The second kappa shape index (κ2) is 6.78. The van der Waals surface area contributed by atoms with E-state index in [9.17, 15) is 0 Å². The van der Waals surface area contributed by atoms with Crippen molar-refractivity contribution in [3.8, 4) is 10.9 Å². The van der Waals surface area contributed by atoms with Gasteiger partial charge in [0.25, 0.3) is 5.19 Å². The zero-order chi connectivity index (χ0) is 13.8. The van der Waals surface area contributed by atoms with E-state index in [2.05, 4.69) is 61.2 Å². The predicted molar refractivity (Wildman–Crippen MR) is 83.8 cm³/mol. The minimum absolute atomic E-state index is 0.425. The van der Waals surface area contributed by atoms with Crippen LogP contribution in [0.4, 0.5) is 0 Å². The molecule has 0 unspecified atom stereocenters. The molecule has 2 aromatic rings. The molecule has 0 aliphatic carbocycles. The van der Waals surface area contributed by atoms with E-state index >= 15 is 0 Å². The summed E-state index contributed by atoms with van der Waals surface area (Å²) in [7, 11) is 0. The Morgan fingerprint density at radius 3 is 2.79 bits per heavy atom. The Hall–Kier alpha value is -0.500. The van der Waals surface area contributed by atoms with E-state index in [1.165, 1.54) is 11.3 Å². The summed E-state index contributed by atoms with van der Waals surface area (Å²) in [4.78, 5) is 0. The maximum absolute atomic E-state index is 5.70. The van der Waals surface area contributed by atoms with Gasteiger partial charge in [0, 0.05) is 10.5 Å². The SMILES string of the molecule is CC(C)NCc1nnc(Oc2ccc(Br)cc2Br)s1. The molecule has 1 heterocycles. The van der Waals surface area contributed by atoms with E-state index in [1.54, 1.807) is 0 Å². The molecule has 1 aromatic carbocycles. The highest BCUT2D eigenvalue weighted by Gasteiger charge is 2.09. The molecular weight excluding hydrogens is 394 g/mol. The second-order valence-corrected chi connectivity index (χ2v) is 6.97. The molecule has 102 valence electrons. The summed E-state index contributed by atoms with van der Waals surface area (Å²) in [6, 6.07) is 6.15. The van der Waals surface area contributed by atoms with Gasteiger partial charge in [-0.1, -0.05) is 46.2 Å². The van der Waals surface area contributed by atoms with Crippen LogP contribution >= 0.6 is 43.2 Å². The summed E-state index contributed by atoms with van der Waals surface area (Å²) in [6.45, 7) is 4.90. The molecule has 0 saturated carbocycles. The topological polar surface area (TPSA) is 47.0 Å². The number of benzene rings is 1. The molecule has 0 bridgehead atoms. The van der Waals surface area contributed by atoms with Crippen molar-refractivity contribution in [2.24, 2.45) is 0 Å². The lowest BCUT2D eigenvalue weighted by atomic mass is 10.3. The number of nitrogens with one attached hydrogen (secondary N) is 1. The van der Waals surface area contributed by atoms with E-state index in [-0.39, 0.29) is 0 Å². The number of halogens is 2. The molecular formula is C12H13Br2N3OS. The van der Waals surface area contributed by atoms with Crippen LogP contribution in [0.3, 0.4) is 0 Å². The van der Waals surface area contributed by atoms with Crippen LogP contribution in [0.5, 0.6) is 10.9 Å².